The molecule has 0 aliphatic heterocycles. The minimum atomic E-state index is -0.262. The summed E-state index contributed by atoms with van der Waals surface area (Å²) in [5.74, 6) is -0.330. The summed E-state index contributed by atoms with van der Waals surface area (Å²) < 4.78 is 14.2. The first-order chi connectivity index (χ1) is 8.69. The van der Waals surface area contributed by atoms with Crippen LogP contribution in [0.4, 0.5) is 4.39 Å². The fraction of sp³-hybridized carbons (Fsp3) is 0.200. The van der Waals surface area contributed by atoms with Crippen LogP contribution in [0.3, 0.4) is 0 Å². The van der Waals surface area contributed by atoms with E-state index in [9.17, 15) is 9.50 Å². The smallest absolute Gasteiger partial charge is 0.123 e. The number of halogens is 2. The molecule has 0 aromatic heterocycles. The van der Waals surface area contributed by atoms with Gasteiger partial charge < -0.3 is 5.11 Å². The quantitative estimate of drug-likeness (QED) is 0.908. The van der Waals surface area contributed by atoms with E-state index < -0.39 is 0 Å². The van der Waals surface area contributed by atoms with E-state index in [0.717, 1.165) is 15.6 Å². The second-order valence-electron chi connectivity index (χ2n) is 4.27. The molecule has 0 amide bonds. The van der Waals surface area contributed by atoms with E-state index in [4.69, 9.17) is 0 Å². The van der Waals surface area contributed by atoms with E-state index in [2.05, 4.69) is 15.9 Å². The summed E-state index contributed by atoms with van der Waals surface area (Å²) in [5, 5.41) is 9.45. The maximum absolute atomic E-state index is 13.2. The predicted molar refractivity (Wildman–Crippen MR) is 74.1 cm³/mol. The lowest BCUT2D eigenvalue weighted by atomic mass is 9.93. The number of benzene rings is 2. The molecule has 0 radical (unpaired) electrons. The van der Waals surface area contributed by atoms with Crippen molar-refractivity contribution in [3.05, 3.63) is 69.9 Å². The molecule has 0 bridgehead atoms. The van der Waals surface area contributed by atoms with Gasteiger partial charge in [-0.3, -0.25) is 0 Å². The topological polar surface area (TPSA) is 20.2 Å². The normalized spacial score (nSPS) is 12.4. The lowest BCUT2D eigenvalue weighted by molar-refractivity contribution is 0.264. The zero-order valence-electron chi connectivity index (χ0n) is 9.81. The maximum Gasteiger partial charge on any atom is 0.123 e. The second-order valence-corrected chi connectivity index (χ2v) is 5.18. The van der Waals surface area contributed by atoms with Gasteiger partial charge in [0.2, 0.25) is 0 Å². The molecular formula is C15H14BrFO. The van der Waals surface area contributed by atoms with Crippen LogP contribution in [0, 0.1) is 5.82 Å². The fourth-order valence-corrected chi connectivity index (χ4v) is 2.22. The Morgan fingerprint density at radius 3 is 2.44 bits per heavy atom. The van der Waals surface area contributed by atoms with Crippen LogP contribution in [0.5, 0.6) is 0 Å². The summed E-state index contributed by atoms with van der Waals surface area (Å²) in [7, 11) is 0. The summed E-state index contributed by atoms with van der Waals surface area (Å²) in [6, 6.07) is 14.4. The van der Waals surface area contributed by atoms with Crippen LogP contribution in [-0.4, -0.2) is 11.7 Å². The molecule has 1 atom stereocenters. The molecule has 3 heteroatoms. The minimum Gasteiger partial charge on any atom is -0.396 e. The van der Waals surface area contributed by atoms with E-state index >= 15 is 0 Å². The minimum absolute atomic E-state index is 0.0134. The molecule has 0 saturated carbocycles. The van der Waals surface area contributed by atoms with Gasteiger partial charge >= 0.3 is 0 Å². The summed E-state index contributed by atoms with van der Waals surface area (Å²) in [6.07, 6.45) is 0.702. The molecule has 0 aliphatic carbocycles. The third-order valence-corrected chi connectivity index (χ3v) is 3.46. The van der Waals surface area contributed by atoms with Crippen molar-refractivity contribution >= 4 is 15.9 Å². The summed E-state index contributed by atoms with van der Waals surface area (Å²) in [4.78, 5) is 0. The largest absolute Gasteiger partial charge is 0.396 e. The molecule has 2 aromatic rings. The average molecular weight is 309 g/mol. The SMILES string of the molecule is OCC(Cc1ccc(Br)cc1)c1cccc(F)c1. The van der Waals surface area contributed by atoms with Crippen molar-refractivity contribution in [1.82, 2.24) is 0 Å². The van der Waals surface area contributed by atoms with Crippen molar-refractivity contribution in [1.29, 1.82) is 0 Å². The Hall–Kier alpha value is -1.19. The summed E-state index contributed by atoms with van der Waals surface area (Å²) >= 11 is 3.38. The van der Waals surface area contributed by atoms with E-state index in [1.165, 1.54) is 12.1 Å². The van der Waals surface area contributed by atoms with Gasteiger partial charge in [0.15, 0.2) is 0 Å². The standard InChI is InChI=1S/C15H14BrFO/c16-14-6-4-11(5-7-14)8-13(10-18)12-2-1-3-15(17)9-12/h1-7,9,13,18H,8,10H2. The molecule has 2 rings (SSSR count). The highest BCUT2D eigenvalue weighted by atomic mass is 79.9. The number of aliphatic hydroxyl groups excluding tert-OH is 1. The molecule has 94 valence electrons. The van der Waals surface area contributed by atoms with Crippen LogP contribution in [-0.2, 0) is 6.42 Å². The van der Waals surface area contributed by atoms with Gasteiger partial charge in [-0.25, -0.2) is 4.39 Å². The molecule has 0 aliphatic rings. The van der Waals surface area contributed by atoms with Crippen LogP contribution in [0.25, 0.3) is 0 Å². The lowest BCUT2D eigenvalue weighted by Crippen LogP contribution is -2.08. The van der Waals surface area contributed by atoms with Crippen molar-refractivity contribution in [3.8, 4) is 0 Å². The Kier molecular flexibility index (Phi) is 4.50. The van der Waals surface area contributed by atoms with Gasteiger partial charge in [-0.1, -0.05) is 40.2 Å². The van der Waals surface area contributed by atoms with Crippen molar-refractivity contribution < 1.29 is 9.50 Å². The zero-order valence-corrected chi connectivity index (χ0v) is 11.4. The average Bonchev–Trinajstić information content (AvgIpc) is 2.38. The molecule has 1 nitrogen and oxygen atoms in total. The maximum atomic E-state index is 13.2. The summed E-state index contributed by atoms with van der Waals surface area (Å²) in [5.41, 5.74) is 1.96. The first-order valence-electron chi connectivity index (χ1n) is 5.80. The van der Waals surface area contributed by atoms with Gasteiger partial charge in [-0.2, -0.15) is 0 Å². The highest BCUT2D eigenvalue weighted by Gasteiger charge is 2.12. The van der Waals surface area contributed by atoms with E-state index in [-0.39, 0.29) is 18.3 Å². The number of hydrogen-bond acceptors (Lipinski definition) is 1. The van der Waals surface area contributed by atoms with Crippen molar-refractivity contribution in [2.75, 3.05) is 6.61 Å². The highest BCUT2D eigenvalue weighted by molar-refractivity contribution is 9.10. The third kappa shape index (κ3) is 3.40. The van der Waals surface area contributed by atoms with Crippen LogP contribution < -0.4 is 0 Å². The van der Waals surface area contributed by atoms with Gasteiger partial charge in [-0.05, 0) is 41.8 Å². The van der Waals surface area contributed by atoms with Gasteiger partial charge in [0.25, 0.3) is 0 Å². The highest BCUT2D eigenvalue weighted by Crippen LogP contribution is 2.22. The Balaban J connectivity index is 2.17. The molecule has 0 spiro atoms. The molecule has 1 unspecified atom stereocenters. The first kappa shape index (κ1) is 13.2. The third-order valence-electron chi connectivity index (χ3n) is 2.94. The summed E-state index contributed by atoms with van der Waals surface area (Å²) in [6.45, 7) is 0.0134. The van der Waals surface area contributed by atoms with E-state index in [1.807, 2.05) is 30.3 Å². The van der Waals surface area contributed by atoms with Crippen LogP contribution in [0.1, 0.15) is 17.0 Å². The molecule has 18 heavy (non-hydrogen) atoms. The number of rotatable bonds is 4. The van der Waals surface area contributed by atoms with Crippen LogP contribution in [0.15, 0.2) is 53.0 Å². The Morgan fingerprint density at radius 2 is 1.83 bits per heavy atom. The van der Waals surface area contributed by atoms with Gasteiger partial charge in [0.1, 0.15) is 5.82 Å². The van der Waals surface area contributed by atoms with Crippen LogP contribution in [0.2, 0.25) is 0 Å². The van der Waals surface area contributed by atoms with Crippen molar-refractivity contribution in [3.63, 3.8) is 0 Å². The molecule has 0 heterocycles. The van der Waals surface area contributed by atoms with Gasteiger partial charge in [0.05, 0.1) is 6.61 Å². The van der Waals surface area contributed by atoms with Crippen molar-refractivity contribution in [2.24, 2.45) is 0 Å². The van der Waals surface area contributed by atoms with E-state index in [0.29, 0.717) is 6.42 Å². The lowest BCUT2D eigenvalue weighted by Gasteiger charge is -2.15. The predicted octanol–water partition coefficient (Wildman–Crippen LogP) is 3.91. The van der Waals surface area contributed by atoms with Crippen molar-refractivity contribution in [2.45, 2.75) is 12.3 Å². The molecular weight excluding hydrogens is 295 g/mol. The molecule has 0 saturated heterocycles. The van der Waals surface area contributed by atoms with E-state index in [1.54, 1.807) is 6.07 Å². The second kappa shape index (κ2) is 6.12. The Bertz CT molecular complexity index is 510. The Labute approximate surface area is 114 Å². The van der Waals surface area contributed by atoms with Gasteiger partial charge in [-0.15, -0.1) is 0 Å². The molecule has 1 N–H and O–H groups in total. The fourth-order valence-electron chi connectivity index (χ4n) is 1.95. The number of hydrogen-bond donors (Lipinski definition) is 1. The first-order valence-corrected chi connectivity index (χ1v) is 6.59. The van der Waals surface area contributed by atoms with Gasteiger partial charge in [0, 0.05) is 10.4 Å². The monoisotopic (exact) mass is 308 g/mol. The zero-order chi connectivity index (χ0) is 13.0. The molecule has 2 aromatic carbocycles. The van der Waals surface area contributed by atoms with Crippen LogP contribution >= 0.6 is 15.9 Å². The molecule has 0 fully saturated rings. The Morgan fingerprint density at radius 1 is 1.11 bits per heavy atom. The number of aliphatic hydroxyl groups is 1.